The summed E-state index contributed by atoms with van der Waals surface area (Å²) in [4.78, 5) is 8.10. The number of nitrogens with one attached hydrogen (secondary N) is 1. The maximum absolute atomic E-state index is 13.1. The van der Waals surface area contributed by atoms with Crippen molar-refractivity contribution in [1.29, 1.82) is 0 Å². The van der Waals surface area contributed by atoms with Gasteiger partial charge in [0.1, 0.15) is 5.82 Å². The van der Waals surface area contributed by atoms with Crippen LogP contribution in [0.25, 0.3) is 11.5 Å². The molecule has 4 rings (SSSR count). The molecule has 1 fully saturated rings. The number of piperazine rings is 1. The summed E-state index contributed by atoms with van der Waals surface area (Å²) in [6.07, 6.45) is 3.42. The Morgan fingerprint density at radius 2 is 1.92 bits per heavy atom. The van der Waals surface area contributed by atoms with E-state index in [2.05, 4.69) is 15.0 Å². The van der Waals surface area contributed by atoms with Crippen LogP contribution in [0, 0.1) is 10.7 Å². The van der Waals surface area contributed by atoms with E-state index in [0.29, 0.717) is 17.4 Å². The Bertz CT molecular complexity index is 917. The summed E-state index contributed by atoms with van der Waals surface area (Å²) in [5.41, 5.74) is 1.87. The van der Waals surface area contributed by atoms with Crippen LogP contribution in [-0.4, -0.2) is 40.9 Å². The second-order valence-electron chi connectivity index (χ2n) is 6.29. The van der Waals surface area contributed by atoms with Crippen molar-refractivity contribution in [3.63, 3.8) is 0 Å². The van der Waals surface area contributed by atoms with Gasteiger partial charge >= 0.3 is 0 Å². The Morgan fingerprint density at radius 1 is 1.15 bits per heavy atom. The molecule has 0 bridgehead atoms. The maximum Gasteiger partial charge on any atom is 0.292 e. The number of nitrogens with zero attached hydrogens (tertiary/aromatic N) is 4. The predicted molar refractivity (Wildman–Crippen MR) is 97.9 cm³/mol. The van der Waals surface area contributed by atoms with E-state index in [1.807, 2.05) is 24.3 Å². The van der Waals surface area contributed by atoms with Crippen LogP contribution < -0.4 is 9.80 Å². The fourth-order valence-corrected chi connectivity index (χ4v) is 3.30. The molecule has 26 heavy (non-hydrogen) atoms. The zero-order chi connectivity index (χ0) is 17.9. The van der Waals surface area contributed by atoms with Crippen LogP contribution in [0.1, 0.15) is 0 Å². The van der Waals surface area contributed by atoms with E-state index in [1.54, 1.807) is 17.1 Å². The lowest BCUT2D eigenvalue weighted by molar-refractivity contribution is -0.924. The van der Waals surface area contributed by atoms with Crippen LogP contribution in [-0.2, 0) is 6.67 Å². The van der Waals surface area contributed by atoms with Crippen LogP contribution in [0.2, 0.25) is 0 Å². The highest BCUT2D eigenvalue weighted by molar-refractivity contribution is 7.71. The number of rotatable bonds is 4. The molecule has 1 aliphatic rings. The molecule has 0 spiro atoms. The van der Waals surface area contributed by atoms with Crippen molar-refractivity contribution in [2.24, 2.45) is 0 Å². The number of benzene rings is 1. The van der Waals surface area contributed by atoms with E-state index < -0.39 is 0 Å². The van der Waals surface area contributed by atoms with Gasteiger partial charge in [-0.05, 0) is 48.6 Å². The van der Waals surface area contributed by atoms with Crippen LogP contribution in [0.3, 0.4) is 0 Å². The number of quaternary nitrogens is 1. The van der Waals surface area contributed by atoms with Gasteiger partial charge in [0, 0.05) is 18.1 Å². The Hall–Kier alpha value is -2.58. The van der Waals surface area contributed by atoms with Crippen LogP contribution in [0.5, 0.6) is 0 Å². The lowest BCUT2D eigenvalue weighted by Gasteiger charge is -2.33. The molecular formula is C18H19FN5OS+. The molecule has 0 radical (unpaired) electrons. The second kappa shape index (κ2) is 7.35. The molecule has 0 atom stereocenters. The highest BCUT2D eigenvalue weighted by atomic mass is 32.1. The molecule has 1 aromatic carbocycles. The Balaban J connectivity index is 1.40. The standard InChI is InChI=1S/C18H18FN5OS/c19-15-3-5-16(6-4-15)23-10-8-22(9-11-23)13-24-18(26)25-17(21-24)14-2-1-7-20-12-14/h1-7,12H,8-11,13H2/p+1. The molecule has 0 amide bonds. The van der Waals surface area contributed by atoms with E-state index in [-0.39, 0.29) is 5.82 Å². The number of hydrogen-bond donors (Lipinski definition) is 1. The first-order chi connectivity index (χ1) is 12.7. The summed E-state index contributed by atoms with van der Waals surface area (Å²) in [7, 11) is 0. The van der Waals surface area contributed by atoms with Crippen molar-refractivity contribution in [1.82, 2.24) is 14.8 Å². The number of anilines is 1. The minimum Gasteiger partial charge on any atom is -0.409 e. The van der Waals surface area contributed by atoms with Crippen molar-refractivity contribution < 1.29 is 13.7 Å². The van der Waals surface area contributed by atoms with Gasteiger partial charge in [0.15, 0.2) is 6.67 Å². The van der Waals surface area contributed by atoms with Crippen LogP contribution in [0.15, 0.2) is 53.2 Å². The van der Waals surface area contributed by atoms with Crippen LogP contribution >= 0.6 is 12.2 Å². The monoisotopic (exact) mass is 372 g/mol. The molecule has 1 N–H and O–H groups in total. The summed E-state index contributed by atoms with van der Waals surface area (Å²) in [5, 5.41) is 4.49. The minimum atomic E-state index is -0.206. The van der Waals surface area contributed by atoms with Gasteiger partial charge in [-0.3, -0.25) is 4.98 Å². The second-order valence-corrected chi connectivity index (χ2v) is 6.64. The van der Waals surface area contributed by atoms with E-state index in [9.17, 15) is 4.39 Å². The van der Waals surface area contributed by atoms with Gasteiger partial charge in [-0.2, -0.15) is 4.68 Å². The fraction of sp³-hybridized carbons (Fsp3) is 0.278. The van der Waals surface area contributed by atoms with Gasteiger partial charge in [0.05, 0.1) is 31.7 Å². The molecule has 3 aromatic rings. The summed E-state index contributed by atoms with van der Waals surface area (Å²) in [5.74, 6) is 0.287. The van der Waals surface area contributed by atoms with Crippen molar-refractivity contribution in [2.75, 3.05) is 31.1 Å². The maximum atomic E-state index is 13.1. The largest absolute Gasteiger partial charge is 0.409 e. The lowest BCUT2D eigenvalue weighted by Crippen LogP contribution is -3.14. The first-order valence-electron chi connectivity index (χ1n) is 8.51. The summed E-state index contributed by atoms with van der Waals surface area (Å²) >= 11 is 5.31. The van der Waals surface area contributed by atoms with Crippen molar-refractivity contribution in [2.45, 2.75) is 6.67 Å². The van der Waals surface area contributed by atoms with Gasteiger partial charge in [0.2, 0.25) is 5.89 Å². The van der Waals surface area contributed by atoms with E-state index in [1.165, 1.54) is 17.0 Å². The van der Waals surface area contributed by atoms with Gasteiger partial charge in [-0.15, -0.1) is 5.10 Å². The summed E-state index contributed by atoms with van der Waals surface area (Å²) in [6.45, 7) is 4.38. The van der Waals surface area contributed by atoms with Gasteiger partial charge < -0.3 is 14.2 Å². The Kier molecular flexibility index (Phi) is 4.77. The third-order valence-corrected chi connectivity index (χ3v) is 4.84. The fourth-order valence-electron chi connectivity index (χ4n) is 3.12. The minimum absolute atomic E-state index is 0.206. The molecule has 0 unspecified atom stereocenters. The van der Waals surface area contributed by atoms with Gasteiger partial charge in [-0.25, -0.2) is 4.39 Å². The molecule has 2 aromatic heterocycles. The van der Waals surface area contributed by atoms with Gasteiger partial charge in [-0.1, -0.05) is 0 Å². The number of pyridine rings is 1. The lowest BCUT2D eigenvalue weighted by atomic mass is 10.2. The predicted octanol–water partition coefficient (Wildman–Crippen LogP) is 1.77. The number of aromatic nitrogens is 3. The van der Waals surface area contributed by atoms with Crippen molar-refractivity contribution in [3.05, 3.63) is 59.4 Å². The molecule has 0 aliphatic carbocycles. The SMILES string of the molecule is Fc1ccc(N2CC[NH+](Cn3nc(-c4cccnc4)oc3=S)CC2)cc1. The summed E-state index contributed by atoms with van der Waals surface area (Å²) in [6, 6.07) is 10.4. The summed E-state index contributed by atoms with van der Waals surface area (Å²) < 4.78 is 20.4. The molecule has 1 aliphatic heterocycles. The zero-order valence-electron chi connectivity index (χ0n) is 14.1. The zero-order valence-corrected chi connectivity index (χ0v) is 15.0. The first-order valence-corrected chi connectivity index (χ1v) is 8.92. The van der Waals surface area contributed by atoms with Crippen molar-refractivity contribution in [3.8, 4) is 11.5 Å². The third kappa shape index (κ3) is 3.66. The number of halogens is 1. The van der Waals surface area contributed by atoms with Gasteiger partial charge in [0.25, 0.3) is 4.84 Å². The highest BCUT2D eigenvalue weighted by Crippen LogP contribution is 2.16. The first kappa shape index (κ1) is 16.9. The Morgan fingerprint density at radius 3 is 2.62 bits per heavy atom. The molecule has 6 nitrogen and oxygen atoms in total. The topological polar surface area (TPSA) is 51.5 Å². The van der Waals surface area contributed by atoms with E-state index in [0.717, 1.165) is 37.4 Å². The molecule has 3 heterocycles. The molecule has 0 saturated carbocycles. The molecular weight excluding hydrogens is 353 g/mol. The average molecular weight is 372 g/mol. The Labute approximate surface area is 155 Å². The smallest absolute Gasteiger partial charge is 0.292 e. The van der Waals surface area contributed by atoms with E-state index >= 15 is 0 Å². The molecule has 1 saturated heterocycles. The normalized spacial score (nSPS) is 15.3. The average Bonchev–Trinajstić information content (AvgIpc) is 3.04. The number of hydrogen-bond acceptors (Lipinski definition) is 5. The van der Waals surface area contributed by atoms with Crippen molar-refractivity contribution >= 4 is 17.9 Å². The third-order valence-electron chi connectivity index (χ3n) is 4.55. The quantitative estimate of drug-likeness (QED) is 0.708. The highest BCUT2D eigenvalue weighted by Gasteiger charge is 2.21. The molecule has 8 heteroatoms. The van der Waals surface area contributed by atoms with E-state index in [4.69, 9.17) is 16.6 Å². The molecule has 134 valence electrons. The van der Waals surface area contributed by atoms with Crippen LogP contribution in [0.4, 0.5) is 10.1 Å².